The van der Waals surface area contributed by atoms with Crippen LogP contribution in [0.15, 0.2) is 36.4 Å². The van der Waals surface area contributed by atoms with Crippen LogP contribution in [-0.4, -0.2) is 5.11 Å². The molecule has 0 spiro atoms. The van der Waals surface area contributed by atoms with E-state index in [0.717, 1.165) is 22.3 Å². The monoisotopic (exact) mass is 251 g/mol. The van der Waals surface area contributed by atoms with Gasteiger partial charge in [0.25, 0.3) is 0 Å². The van der Waals surface area contributed by atoms with Gasteiger partial charge in [-0.25, -0.2) is 0 Å². The van der Waals surface area contributed by atoms with Crippen molar-refractivity contribution in [2.75, 3.05) is 0 Å². The summed E-state index contributed by atoms with van der Waals surface area (Å²) in [6, 6.07) is 13.5. The number of hydrogen-bond acceptors (Lipinski definition) is 2. The lowest BCUT2D eigenvalue weighted by Crippen LogP contribution is -1.92. The van der Waals surface area contributed by atoms with Gasteiger partial charge in [-0.1, -0.05) is 26.0 Å². The first kappa shape index (κ1) is 13.2. The van der Waals surface area contributed by atoms with Gasteiger partial charge < -0.3 is 5.11 Å². The topological polar surface area (TPSA) is 44.0 Å². The minimum Gasteiger partial charge on any atom is -0.508 e. The molecule has 96 valence electrons. The van der Waals surface area contributed by atoms with E-state index in [4.69, 9.17) is 5.26 Å². The second kappa shape index (κ2) is 5.16. The molecule has 0 heterocycles. The molecule has 1 N–H and O–H groups in total. The molecule has 0 aliphatic heterocycles. The van der Waals surface area contributed by atoms with E-state index < -0.39 is 0 Å². The summed E-state index contributed by atoms with van der Waals surface area (Å²) >= 11 is 0. The second-order valence-corrected chi connectivity index (χ2v) is 5.07. The maximum atomic E-state index is 9.98. The lowest BCUT2D eigenvalue weighted by Gasteiger charge is -2.14. The highest BCUT2D eigenvalue weighted by molar-refractivity contribution is 5.71. The molecule has 2 rings (SSSR count). The maximum Gasteiger partial charge on any atom is 0.119 e. The molecule has 0 aliphatic carbocycles. The molecule has 0 aliphatic rings. The zero-order chi connectivity index (χ0) is 14.0. The zero-order valence-electron chi connectivity index (χ0n) is 11.4. The first-order valence-corrected chi connectivity index (χ1v) is 6.37. The second-order valence-electron chi connectivity index (χ2n) is 5.07. The number of phenolic OH excluding ortho intramolecular Hbond substituents is 1. The minimum atomic E-state index is 0.262. The summed E-state index contributed by atoms with van der Waals surface area (Å²) in [4.78, 5) is 0. The molecule has 19 heavy (non-hydrogen) atoms. The van der Waals surface area contributed by atoms with E-state index in [9.17, 15) is 5.11 Å². The van der Waals surface area contributed by atoms with Gasteiger partial charge in [0.1, 0.15) is 5.75 Å². The van der Waals surface area contributed by atoms with Crippen molar-refractivity contribution >= 4 is 0 Å². The third-order valence-electron chi connectivity index (χ3n) is 3.30. The Morgan fingerprint density at radius 3 is 2.53 bits per heavy atom. The van der Waals surface area contributed by atoms with Crippen LogP contribution in [0.5, 0.6) is 5.75 Å². The first-order chi connectivity index (χ1) is 9.02. The van der Waals surface area contributed by atoms with E-state index in [1.54, 1.807) is 12.1 Å². The molecule has 2 aromatic carbocycles. The fraction of sp³-hybridized carbons (Fsp3) is 0.235. The number of nitriles is 1. The quantitative estimate of drug-likeness (QED) is 0.861. The lowest BCUT2D eigenvalue weighted by molar-refractivity contribution is 0.464. The number of phenols is 1. The van der Waals surface area contributed by atoms with Crippen molar-refractivity contribution in [2.45, 2.75) is 26.7 Å². The van der Waals surface area contributed by atoms with Crippen LogP contribution in [0, 0.1) is 18.3 Å². The Labute approximate surface area is 114 Å². The van der Waals surface area contributed by atoms with Crippen LogP contribution in [-0.2, 0) is 0 Å². The molecule has 0 saturated heterocycles. The first-order valence-electron chi connectivity index (χ1n) is 6.37. The molecular weight excluding hydrogens is 234 g/mol. The van der Waals surface area contributed by atoms with E-state index in [0.29, 0.717) is 11.3 Å². The summed E-state index contributed by atoms with van der Waals surface area (Å²) in [7, 11) is 0. The Hall–Kier alpha value is -2.27. The van der Waals surface area contributed by atoms with E-state index in [-0.39, 0.29) is 5.92 Å². The average molecular weight is 251 g/mol. The molecule has 2 heteroatoms. The number of rotatable bonds is 2. The summed E-state index contributed by atoms with van der Waals surface area (Å²) in [5.74, 6) is 0.603. The molecule has 0 saturated carbocycles. The van der Waals surface area contributed by atoms with E-state index in [1.807, 2.05) is 31.2 Å². The molecule has 0 atom stereocenters. The molecule has 0 aromatic heterocycles. The predicted molar refractivity (Wildman–Crippen MR) is 77.1 cm³/mol. The van der Waals surface area contributed by atoms with Gasteiger partial charge >= 0.3 is 0 Å². The summed E-state index contributed by atoms with van der Waals surface area (Å²) in [5, 5.41) is 19.0. The van der Waals surface area contributed by atoms with Gasteiger partial charge in [-0.05, 0) is 59.4 Å². The smallest absolute Gasteiger partial charge is 0.119 e. The van der Waals surface area contributed by atoms with E-state index >= 15 is 0 Å². The highest BCUT2D eigenvalue weighted by Gasteiger charge is 2.11. The molecule has 2 aromatic rings. The van der Waals surface area contributed by atoms with Gasteiger partial charge in [-0.15, -0.1) is 0 Å². The van der Waals surface area contributed by atoms with Crippen LogP contribution in [0.4, 0.5) is 0 Å². The van der Waals surface area contributed by atoms with Crippen molar-refractivity contribution in [1.29, 1.82) is 5.26 Å². The Morgan fingerprint density at radius 2 is 1.89 bits per heavy atom. The van der Waals surface area contributed by atoms with Crippen LogP contribution in [0.1, 0.15) is 36.5 Å². The van der Waals surface area contributed by atoms with Crippen LogP contribution < -0.4 is 0 Å². The Bertz CT molecular complexity index is 651. The van der Waals surface area contributed by atoms with Crippen molar-refractivity contribution < 1.29 is 5.11 Å². The van der Waals surface area contributed by atoms with Gasteiger partial charge in [0.05, 0.1) is 11.6 Å². The van der Waals surface area contributed by atoms with Crippen molar-refractivity contribution in [3.8, 4) is 22.9 Å². The largest absolute Gasteiger partial charge is 0.508 e. The van der Waals surface area contributed by atoms with Crippen molar-refractivity contribution in [3.05, 3.63) is 53.1 Å². The van der Waals surface area contributed by atoms with Gasteiger partial charge in [0.2, 0.25) is 0 Å². The van der Waals surface area contributed by atoms with Crippen LogP contribution >= 0.6 is 0 Å². The van der Waals surface area contributed by atoms with Crippen LogP contribution in [0.3, 0.4) is 0 Å². The summed E-state index contributed by atoms with van der Waals surface area (Å²) in [6.45, 7) is 6.08. The normalized spacial score (nSPS) is 10.5. The van der Waals surface area contributed by atoms with Gasteiger partial charge in [-0.2, -0.15) is 5.26 Å². The fourth-order valence-electron chi connectivity index (χ4n) is 2.24. The molecule has 0 amide bonds. The standard InChI is InChI=1S/C17H17NO/c1-11(2)15-9-16(12(3)7-17(15)19)14-6-4-5-13(8-14)10-18/h4-9,11,19H,1-3H3. The molecular formula is C17H17NO. The summed E-state index contributed by atoms with van der Waals surface area (Å²) < 4.78 is 0. The van der Waals surface area contributed by atoms with Gasteiger partial charge in [-0.3, -0.25) is 0 Å². The third-order valence-corrected chi connectivity index (χ3v) is 3.30. The summed E-state index contributed by atoms with van der Waals surface area (Å²) in [5.41, 5.74) is 4.67. The third kappa shape index (κ3) is 2.61. The molecule has 0 unspecified atom stereocenters. The number of aromatic hydroxyl groups is 1. The zero-order valence-corrected chi connectivity index (χ0v) is 11.4. The van der Waals surface area contributed by atoms with Crippen molar-refractivity contribution in [2.24, 2.45) is 0 Å². The molecule has 0 fully saturated rings. The molecule has 2 nitrogen and oxygen atoms in total. The van der Waals surface area contributed by atoms with Gasteiger partial charge in [0, 0.05) is 0 Å². The molecule has 0 bridgehead atoms. The number of benzene rings is 2. The average Bonchev–Trinajstić information content (AvgIpc) is 2.38. The van der Waals surface area contributed by atoms with Crippen LogP contribution in [0.2, 0.25) is 0 Å². The van der Waals surface area contributed by atoms with Crippen molar-refractivity contribution in [3.63, 3.8) is 0 Å². The minimum absolute atomic E-state index is 0.262. The number of hydrogen-bond donors (Lipinski definition) is 1. The Kier molecular flexibility index (Phi) is 3.57. The summed E-state index contributed by atoms with van der Waals surface area (Å²) in [6.07, 6.45) is 0. The fourth-order valence-corrected chi connectivity index (χ4v) is 2.24. The number of nitrogens with zero attached hydrogens (tertiary/aromatic N) is 1. The van der Waals surface area contributed by atoms with E-state index in [2.05, 4.69) is 19.9 Å². The highest BCUT2D eigenvalue weighted by atomic mass is 16.3. The molecule has 0 radical (unpaired) electrons. The van der Waals surface area contributed by atoms with Crippen LogP contribution in [0.25, 0.3) is 11.1 Å². The van der Waals surface area contributed by atoms with Crippen molar-refractivity contribution in [1.82, 2.24) is 0 Å². The Morgan fingerprint density at radius 1 is 1.16 bits per heavy atom. The Balaban J connectivity index is 2.61. The number of aryl methyl sites for hydroxylation is 1. The lowest BCUT2D eigenvalue weighted by atomic mass is 9.92. The highest BCUT2D eigenvalue weighted by Crippen LogP contribution is 2.33. The predicted octanol–water partition coefficient (Wildman–Crippen LogP) is 4.36. The SMILES string of the molecule is Cc1cc(O)c(C(C)C)cc1-c1cccc(C#N)c1. The van der Waals surface area contributed by atoms with E-state index in [1.165, 1.54) is 0 Å². The van der Waals surface area contributed by atoms with Gasteiger partial charge in [0.15, 0.2) is 0 Å². The maximum absolute atomic E-state index is 9.98.